The molecule has 0 spiro atoms. The van der Waals surface area contributed by atoms with E-state index in [1.165, 1.54) is 6.07 Å². The van der Waals surface area contributed by atoms with Gasteiger partial charge in [0.2, 0.25) is 0 Å². The van der Waals surface area contributed by atoms with Gasteiger partial charge in [0.15, 0.2) is 5.69 Å². The maximum atomic E-state index is 12.9. The highest BCUT2D eigenvalue weighted by Gasteiger charge is 2.03. The summed E-state index contributed by atoms with van der Waals surface area (Å²) < 4.78 is 12.9. The lowest BCUT2D eigenvalue weighted by Gasteiger charge is -1.99. The third kappa shape index (κ3) is 1.38. The van der Waals surface area contributed by atoms with Gasteiger partial charge in [-0.1, -0.05) is 11.6 Å². The molecule has 0 N–H and O–H groups in total. The standard InChI is InChI=1S/C9H8FN/c1-6-4-8(10)7(2)9(5-6)11-3/h4-5H,1-2H3. The summed E-state index contributed by atoms with van der Waals surface area (Å²) in [5, 5.41) is 0. The van der Waals surface area contributed by atoms with Crippen molar-refractivity contribution >= 4 is 5.69 Å². The van der Waals surface area contributed by atoms with Crippen LogP contribution in [0.3, 0.4) is 0 Å². The molecular weight excluding hydrogens is 141 g/mol. The molecule has 0 aliphatic rings. The van der Waals surface area contributed by atoms with Crippen molar-refractivity contribution in [1.29, 1.82) is 0 Å². The Morgan fingerprint density at radius 1 is 1.36 bits per heavy atom. The quantitative estimate of drug-likeness (QED) is 0.499. The van der Waals surface area contributed by atoms with E-state index >= 15 is 0 Å². The Kier molecular flexibility index (Phi) is 1.91. The minimum atomic E-state index is -0.295. The van der Waals surface area contributed by atoms with Gasteiger partial charge in [-0.05, 0) is 25.5 Å². The van der Waals surface area contributed by atoms with E-state index in [9.17, 15) is 4.39 Å². The molecule has 0 unspecified atom stereocenters. The van der Waals surface area contributed by atoms with Crippen LogP contribution in [0.25, 0.3) is 4.85 Å². The van der Waals surface area contributed by atoms with Crippen molar-refractivity contribution in [2.24, 2.45) is 0 Å². The molecule has 0 amide bonds. The molecule has 0 heterocycles. The highest BCUT2D eigenvalue weighted by atomic mass is 19.1. The first-order valence-electron chi connectivity index (χ1n) is 3.29. The Morgan fingerprint density at radius 2 is 2.00 bits per heavy atom. The summed E-state index contributed by atoms with van der Waals surface area (Å²) in [7, 11) is 0. The van der Waals surface area contributed by atoms with Gasteiger partial charge < -0.3 is 0 Å². The van der Waals surface area contributed by atoms with Crippen LogP contribution in [0.5, 0.6) is 0 Å². The molecule has 0 fully saturated rings. The van der Waals surface area contributed by atoms with Crippen LogP contribution in [0.15, 0.2) is 12.1 Å². The zero-order chi connectivity index (χ0) is 8.43. The minimum absolute atomic E-state index is 0.295. The van der Waals surface area contributed by atoms with Gasteiger partial charge in [0.1, 0.15) is 5.82 Å². The molecule has 1 aromatic rings. The SMILES string of the molecule is [C-]#[N+]c1cc(C)cc(F)c1C. The first-order chi connectivity index (χ1) is 5.15. The van der Waals surface area contributed by atoms with Crippen molar-refractivity contribution in [2.45, 2.75) is 13.8 Å². The predicted octanol–water partition coefficient (Wildman–Crippen LogP) is 2.99. The van der Waals surface area contributed by atoms with Gasteiger partial charge in [0.25, 0.3) is 0 Å². The Bertz CT molecular complexity index is 323. The third-order valence-corrected chi connectivity index (χ3v) is 1.58. The molecular formula is C9H8FN. The molecule has 0 bridgehead atoms. The number of aryl methyl sites for hydroxylation is 1. The van der Waals surface area contributed by atoms with E-state index in [0.717, 1.165) is 5.56 Å². The van der Waals surface area contributed by atoms with Gasteiger partial charge in [-0.25, -0.2) is 9.24 Å². The van der Waals surface area contributed by atoms with Crippen molar-refractivity contribution in [2.75, 3.05) is 0 Å². The van der Waals surface area contributed by atoms with Crippen LogP contribution < -0.4 is 0 Å². The van der Waals surface area contributed by atoms with Crippen LogP contribution in [0.4, 0.5) is 10.1 Å². The average molecular weight is 149 g/mol. The van der Waals surface area contributed by atoms with E-state index in [2.05, 4.69) is 4.85 Å². The molecule has 0 aromatic heterocycles. The zero-order valence-corrected chi connectivity index (χ0v) is 6.48. The third-order valence-electron chi connectivity index (χ3n) is 1.58. The molecule has 1 nitrogen and oxygen atoms in total. The summed E-state index contributed by atoms with van der Waals surface area (Å²) in [6.45, 7) is 10.1. The highest BCUT2D eigenvalue weighted by molar-refractivity contribution is 5.53. The van der Waals surface area contributed by atoms with E-state index in [4.69, 9.17) is 6.57 Å². The van der Waals surface area contributed by atoms with Crippen LogP contribution in [0, 0.1) is 26.2 Å². The zero-order valence-electron chi connectivity index (χ0n) is 6.48. The molecule has 1 rings (SSSR count). The van der Waals surface area contributed by atoms with Crippen molar-refractivity contribution < 1.29 is 4.39 Å². The molecule has 0 aliphatic carbocycles. The lowest BCUT2D eigenvalue weighted by molar-refractivity contribution is 0.618. The number of halogens is 1. The number of hydrogen-bond acceptors (Lipinski definition) is 0. The fourth-order valence-corrected chi connectivity index (χ4v) is 0.912. The van der Waals surface area contributed by atoms with Crippen molar-refractivity contribution in [3.8, 4) is 0 Å². The van der Waals surface area contributed by atoms with Crippen LogP contribution in [-0.4, -0.2) is 0 Å². The lowest BCUT2D eigenvalue weighted by Crippen LogP contribution is -1.83. The smallest absolute Gasteiger partial charge is 0.193 e. The van der Waals surface area contributed by atoms with E-state index in [1.807, 2.05) is 0 Å². The molecule has 2 heteroatoms. The Balaban J connectivity index is 3.39. The topological polar surface area (TPSA) is 4.36 Å². The van der Waals surface area contributed by atoms with Gasteiger partial charge in [-0.15, -0.1) is 0 Å². The second-order valence-electron chi connectivity index (χ2n) is 2.50. The second-order valence-corrected chi connectivity index (χ2v) is 2.50. The molecule has 0 radical (unpaired) electrons. The normalized spacial score (nSPS) is 9.27. The first-order valence-corrected chi connectivity index (χ1v) is 3.29. The summed E-state index contributed by atoms with van der Waals surface area (Å²) in [4.78, 5) is 3.20. The summed E-state index contributed by atoms with van der Waals surface area (Å²) in [6, 6.07) is 3.12. The summed E-state index contributed by atoms with van der Waals surface area (Å²) in [6.07, 6.45) is 0. The van der Waals surface area contributed by atoms with E-state index in [-0.39, 0.29) is 5.82 Å². The van der Waals surface area contributed by atoms with Crippen LogP contribution in [0.2, 0.25) is 0 Å². The molecule has 11 heavy (non-hydrogen) atoms. The van der Waals surface area contributed by atoms with Gasteiger partial charge in [-0.3, -0.25) is 0 Å². The molecule has 0 aliphatic heterocycles. The van der Waals surface area contributed by atoms with Crippen molar-refractivity contribution in [3.63, 3.8) is 0 Å². The van der Waals surface area contributed by atoms with Crippen molar-refractivity contribution in [3.05, 3.63) is 40.5 Å². The number of hydrogen-bond donors (Lipinski definition) is 0. The molecule has 56 valence electrons. The fourth-order valence-electron chi connectivity index (χ4n) is 0.912. The van der Waals surface area contributed by atoms with Crippen molar-refractivity contribution in [1.82, 2.24) is 0 Å². The van der Waals surface area contributed by atoms with Gasteiger partial charge >= 0.3 is 0 Å². The van der Waals surface area contributed by atoms with Crippen LogP contribution >= 0.6 is 0 Å². The highest BCUT2D eigenvalue weighted by Crippen LogP contribution is 2.22. The Hall–Kier alpha value is -1.36. The molecule has 0 saturated carbocycles. The number of nitrogens with zero attached hydrogens (tertiary/aromatic N) is 1. The van der Waals surface area contributed by atoms with E-state index in [1.54, 1.807) is 19.9 Å². The minimum Gasteiger partial charge on any atom is -0.238 e. The lowest BCUT2D eigenvalue weighted by atomic mass is 10.1. The summed E-state index contributed by atoms with van der Waals surface area (Å²) in [5.74, 6) is -0.295. The van der Waals surface area contributed by atoms with Crippen LogP contribution in [-0.2, 0) is 0 Å². The van der Waals surface area contributed by atoms with Gasteiger partial charge in [-0.2, -0.15) is 0 Å². The largest absolute Gasteiger partial charge is 0.238 e. The summed E-state index contributed by atoms with van der Waals surface area (Å²) in [5.41, 5.74) is 1.63. The van der Waals surface area contributed by atoms with Crippen LogP contribution in [0.1, 0.15) is 11.1 Å². The first kappa shape index (κ1) is 7.74. The Morgan fingerprint density at radius 3 is 2.55 bits per heavy atom. The maximum Gasteiger partial charge on any atom is 0.193 e. The second kappa shape index (κ2) is 2.71. The predicted molar refractivity (Wildman–Crippen MR) is 42.1 cm³/mol. The maximum absolute atomic E-state index is 12.9. The molecule has 0 saturated heterocycles. The molecule has 0 atom stereocenters. The number of benzene rings is 1. The van der Waals surface area contributed by atoms with E-state index in [0.29, 0.717) is 11.3 Å². The number of rotatable bonds is 0. The fraction of sp³-hybridized carbons (Fsp3) is 0.222. The van der Waals surface area contributed by atoms with E-state index < -0.39 is 0 Å². The van der Waals surface area contributed by atoms with Gasteiger partial charge in [0, 0.05) is 0 Å². The monoisotopic (exact) mass is 149 g/mol. The average Bonchev–Trinajstić information content (AvgIpc) is 1.96. The Labute approximate surface area is 65.3 Å². The molecule has 1 aromatic carbocycles. The summed E-state index contributed by atoms with van der Waals surface area (Å²) >= 11 is 0. The van der Waals surface area contributed by atoms with Gasteiger partial charge in [0.05, 0.1) is 6.57 Å².